The number of imidazole rings is 1. The van der Waals surface area contributed by atoms with E-state index in [1.54, 1.807) is 23.9 Å². The molecule has 146 valence electrons. The van der Waals surface area contributed by atoms with Gasteiger partial charge in [-0.1, -0.05) is 24.3 Å². The topological polar surface area (TPSA) is 57.8 Å². The molecule has 0 saturated heterocycles. The van der Waals surface area contributed by atoms with Crippen LogP contribution in [0.4, 0.5) is 10.1 Å². The van der Waals surface area contributed by atoms with E-state index >= 15 is 0 Å². The fourth-order valence-electron chi connectivity index (χ4n) is 3.05. The number of rotatable bonds is 7. The van der Waals surface area contributed by atoms with Gasteiger partial charge in [0.05, 0.1) is 16.7 Å². The van der Waals surface area contributed by atoms with Gasteiger partial charge in [0.2, 0.25) is 5.91 Å². The summed E-state index contributed by atoms with van der Waals surface area (Å²) in [5, 5.41) is 3.00. The summed E-state index contributed by atoms with van der Waals surface area (Å²) >= 11 is 1.62. The zero-order chi connectivity index (χ0) is 20.1. The minimum absolute atomic E-state index is 0.0340. The summed E-state index contributed by atoms with van der Waals surface area (Å²) in [5.41, 5.74) is 3.45. The Labute approximate surface area is 172 Å². The van der Waals surface area contributed by atoms with Gasteiger partial charge in [0, 0.05) is 16.9 Å². The van der Waals surface area contributed by atoms with E-state index in [-0.39, 0.29) is 11.7 Å². The van der Waals surface area contributed by atoms with Gasteiger partial charge in [-0.3, -0.25) is 4.79 Å². The van der Waals surface area contributed by atoms with Gasteiger partial charge in [-0.25, -0.2) is 9.37 Å². The highest BCUT2D eigenvalue weighted by molar-refractivity contribution is 7.99. The Morgan fingerprint density at radius 1 is 1.00 bits per heavy atom. The van der Waals surface area contributed by atoms with Crippen LogP contribution < -0.4 is 5.32 Å². The Balaban J connectivity index is 1.36. The average Bonchev–Trinajstić information content (AvgIpc) is 3.17. The Morgan fingerprint density at radius 3 is 2.59 bits per heavy atom. The monoisotopic (exact) mass is 405 g/mol. The van der Waals surface area contributed by atoms with Crippen LogP contribution in [0.25, 0.3) is 22.4 Å². The minimum Gasteiger partial charge on any atom is -0.338 e. The molecule has 0 atom stereocenters. The molecule has 2 N–H and O–H groups in total. The molecule has 0 aliphatic rings. The number of hydrogen-bond donors (Lipinski definition) is 2. The van der Waals surface area contributed by atoms with Crippen LogP contribution >= 0.6 is 11.8 Å². The van der Waals surface area contributed by atoms with E-state index in [4.69, 9.17) is 0 Å². The van der Waals surface area contributed by atoms with Crippen LogP contribution in [0, 0.1) is 5.82 Å². The number of para-hydroxylation sites is 3. The lowest BCUT2D eigenvalue weighted by atomic mass is 10.1. The molecule has 1 heterocycles. The Kier molecular flexibility index (Phi) is 5.91. The molecule has 0 saturated carbocycles. The van der Waals surface area contributed by atoms with Crippen LogP contribution in [-0.4, -0.2) is 21.6 Å². The first-order valence-electron chi connectivity index (χ1n) is 9.41. The number of aromatic nitrogens is 2. The van der Waals surface area contributed by atoms with Crippen LogP contribution in [0.3, 0.4) is 0 Å². The zero-order valence-electron chi connectivity index (χ0n) is 15.7. The second kappa shape index (κ2) is 8.92. The van der Waals surface area contributed by atoms with Gasteiger partial charge >= 0.3 is 0 Å². The first-order valence-corrected chi connectivity index (χ1v) is 10.4. The maximum Gasteiger partial charge on any atom is 0.224 e. The Hall–Kier alpha value is -3.12. The van der Waals surface area contributed by atoms with Crippen LogP contribution in [0.15, 0.2) is 77.7 Å². The van der Waals surface area contributed by atoms with E-state index in [2.05, 4.69) is 15.3 Å². The Morgan fingerprint density at radius 2 is 1.76 bits per heavy atom. The number of aromatic amines is 1. The molecule has 4 rings (SSSR count). The number of thioether (sulfide) groups is 1. The van der Waals surface area contributed by atoms with Crippen molar-refractivity contribution in [3.05, 3.63) is 78.6 Å². The normalized spacial score (nSPS) is 10.9. The van der Waals surface area contributed by atoms with Gasteiger partial charge in [-0.05, 0) is 60.7 Å². The summed E-state index contributed by atoms with van der Waals surface area (Å²) in [5.74, 6) is 1.25. The Bertz CT molecular complexity index is 1090. The van der Waals surface area contributed by atoms with Crippen molar-refractivity contribution in [3.8, 4) is 11.4 Å². The largest absolute Gasteiger partial charge is 0.338 e. The van der Waals surface area contributed by atoms with E-state index in [1.807, 2.05) is 48.5 Å². The van der Waals surface area contributed by atoms with Gasteiger partial charge in [-0.2, -0.15) is 0 Å². The number of carbonyl (C=O) groups is 1. The van der Waals surface area contributed by atoms with E-state index < -0.39 is 0 Å². The van der Waals surface area contributed by atoms with Gasteiger partial charge in [0.15, 0.2) is 0 Å². The highest BCUT2D eigenvalue weighted by Gasteiger charge is 2.11. The quantitative estimate of drug-likeness (QED) is 0.298. The maximum absolute atomic E-state index is 12.9. The third kappa shape index (κ3) is 4.84. The van der Waals surface area contributed by atoms with Crippen LogP contribution in [0.1, 0.15) is 12.8 Å². The number of fused-ring (bicyclic) bond motifs is 1. The number of nitrogens with zero attached hydrogens (tertiary/aromatic N) is 1. The average molecular weight is 405 g/mol. The summed E-state index contributed by atoms with van der Waals surface area (Å²) in [6.45, 7) is 0. The lowest BCUT2D eigenvalue weighted by Gasteiger charge is -2.09. The minimum atomic E-state index is -0.239. The molecule has 4 nitrogen and oxygen atoms in total. The third-order valence-corrected chi connectivity index (χ3v) is 5.57. The van der Waals surface area contributed by atoms with Crippen molar-refractivity contribution in [2.24, 2.45) is 0 Å². The number of hydrogen-bond acceptors (Lipinski definition) is 3. The van der Waals surface area contributed by atoms with E-state index in [0.29, 0.717) is 6.42 Å². The first kappa shape index (κ1) is 19.2. The van der Waals surface area contributed by atoms with Crippen molar-refractivity contribution in [1.82, 2.24) is 9.97 Å². The smallest absolute Gasteiger partial charge is 0.224 e. The number of H-pyrrole nitrogens is 1. The number of benzene rings is 3. The van der Waals surface area contributed by atoms with Gasteiger partial charge in [0.25, 0.3) is 0 Å². The second-order valence-electron chi connectivity index (χ2n) is 6.60. The van der Waals surface area contributed by atoms with Crippen molar-refractivity contribution < 1.29 is 9.18 Å². The second-order valence-corrected chi connectivity index (χ2v) is 7.77. The third-order valence-electron chi connectivity index (χ3n) is 4.48. The molecule has 0 fully saturated rings. The van der Waals surface area contributed by atoms with Crippen LogP contribution in [0.5, 0.6) is 0 Å². The molecule has 0 aliphatic heterocycles. The summed E-state index contributed by atoms with van der Waals surface area (Å²) in [4.78, 5) is 21.4. The summed E-state index contributed by atoms with van der Waals surface area (Å²) in [7, 11) is 0. The summed E-state index contributed by atoms with van der Waals surface area (Å²) < 4.78 is 12.9. The fourth-order valence-corrected chi connectivity index (χ4v) is 3.90. The molecule has 4 aromatic rings. The summed E-state index contributed by atoms with van der Waals surface area (Å²) in [6.07, 6.45) is 1.16. The molecule has 1 aromatic heterocycles. The number of carbonyl (C=O) groups excluding carboxylic acids is 1. The van der Waals surface area contributed by atoms with Crippen molar-refractivity contribution in [2.45, 2.75) is 17.7 Å². The van der Waals surface area contributed by atoms with E-state index in [0.717, 1.165) is 45.2 Å². The number of amides is 1. The maximum atomic E-state index is 12.9. The van der Waals surface area contributed by atoms with Crippen LogP contribution in [-0.2, 0) is 4.79 Å². The molecule has 0 spiro atoms. The molecule has 0 aliphatic carbocycles. The molecule has 0 unspecified atom stereocenters. The predicted molar refractivity (Wildman–Crippen MR) is 117 cm³/mol. The first-order chi connectivity index (χ1) is 14.2. The molecule has 0 radical (unpaired) electrons. The number of anilines is 1. The molecule has 3 aromatic carbocycles. The molecule has 1 amide bonds. The van der Waals surface area contributed by atoms with Crippen molar-refractivity contribution in [2.75, 3.05) is 11.1 Å². The van der Waals surface area contributed by atoms with Crippen molar-refractivity contribution in [3.63, 3.8) is 0 Å². The zero-order valence-corrected chi connectivity index (χ0v) is 16.5. The fraction of sp³-hybridized carbons (Fsp3) is 0.130. The predicted octanol–water partition coefficient (Wildman–Crippen LogP) is 5.88. The molecule has 0 bridgehead atoms. The highest BCUT2D eigenvalue weighted by atomic mass is 32.2. The van der Waals surface area contributed by atoms with E-state index in [1.165, 1.54) is 12.1 Å². The van der Waals surface area contributed by atoms with Crippen LogP contribution in [0.2, 0.25) is 0 Å². The van der Waals surface area contributed by atoms with Gasteiger partial charge < -0.3 is 10.3 Å². The SMILES string of the molecule is O=C(CCCSc1ccc(F)cc1)Nc1ccccc1-c1nc2ccccc2[nH]1. The van der Waals surface area contributed by atoms with Crippen molar-refractivity contribution in [1.29, 1.82) is 0 Å². The van der Waals surface area contributed by atoms with E-state index in [9.17, 15) is 9.18 Å². The molecular formula is C23H20FN3OS. The molecule has 6 heteroatoms. The lowest BCUT2D eigenvalue weighted by molar-refractivity contribution is -0.116. The van der Waals surface area contributed by atoms with Gasteiger partial charge in [0.1, 0.15) is 11.6 Å². The number of halogens is 1. The lowest BCUT2D eigenvalue weighted by Crippen LogP contribution is -2.12. The number of nitrogens with one attached hydrogen (secondary N) is 2. The molecule has 29 heavy (non-hydrogen) atoms. The highest BCUT2D eigenvalue weighted by Crippen LogP contribution is 2.28. The van der Waals surface area contributed by atoms with Crippen molar-refractivity contribution >= 4 is 34.4 Å². The van der Waals surface area contributed by atoms with Gasteiger partial charge in [-0.15, -0.1) is 11.8 Å². The summed E-state index contributed by atoms with van der Waals surface area (Å²) in [6, 6.07) is 21.9. The standard InChI is InChI=1S/C23H20FN3OS/c24-16-11-13-17(14-12-16)29-15-5-10-22(28)25-19-7-2-1-6-18(19)23-26-20-8-3-4-9-21(20)27-23/h1-4,6-9,11-14H,5,10,15H2,(H,25,28)(H,26,27). The molecular weight excluding hydrogens is 385 g/mol.